The molecule has 4 heteroatoms. The lowest BCUT2D eigenvalue weighted by Gasteiger charge is -2.14. The van der Waals surface area contributed by atoms with Gasteiger partial charge < -0.3 is 14.2 Å². The predicted octanol–water partition coefficient (Wildman–Crippen LogP) is 4.38. The van der Waals surface area contributed by atoms with E-state index in [1.54, 1.807) is 14.0 Å². The first-order valence-electron chi connectivity index (χ1n) is 8.15. The second-order valence-electron chi connectivity index (χ2n) is 5.61. The van der Waals surface area contributed by atoms with E-state index in [2.05, 4.69) is 0 Å². The number of ketones is 1. The second kappa shape index (κ2) is 7.71. The molecule has 2 aromatic carbocycles. The number of para-hydroxylation sites is 1. The first kappa shape index (κ1) is 16.8. The van der Waals surface area contributed by atoms with Crippen LogP contribution in [0.3, 0.4) is 0 Å². The summed E-state index contributed by atoms with van der Waals surface area (Å²) in [6, 6.07) is 16.7. The average Bonchev–Trinajstić information content (AvgIpc) is 3.18. The second-order valence-corrected chi connectivity index (χ2v) is 5.61. The lowest BCUT2D eigenvalue weighted by atomic mass is 9.99. The van der Waals surface area contributed by atoms with Gasteiger partial charge in [0.25, 0.3) is 0 Å². The first-order valence-corrected chi connectivity index (χ1v) is 8.15. The molecule has 25 heavy (non-hydrogen) atoms. The Morgan fingerprint density at radius 2 is 1.72 bits per heavy atom. The summed E-state index contributed by atoms with van der Waals surface area (Å²) in [5.41, 5.74) is 1.25. The van der Waals surface area contributed by atoms with Crippen molar-refractivity contribution in [2.24, 2.45) is 0 Å². The quantitative estimate of drug-likeness (QED) is 0.580. The Balaban J connectivity index is 2.00. The van der Waals surface area contributed by atoms with Gasteiger partial charge in [0.15, 0.2) is 5.76 Å². The third kappa shape index (κ3) is 3.91. The smallest absolute Gasteiger partial charge is 0.231 e. The van der Waals surface area contributed by atoms with Gasteiger partial charge in [-0.2, -0.15) is 0 Å². The summed E-state index contributed by atoms with van der Waals surface area (Å²) in [6.07, 6.45) is 2.57. The Hall–Kier alpha value is -3.01. The van der Waals surface area contributed by atoms with E-state index in [-0.39, 0.29) is 5.78 Å². The van der Waals surface area contributed by atoms with Crippen LogP contribution in [0.25, 0.3) is 5.57 Å². The van der Waals surface area contributed by atoms with Crippen molar-refractivity contribution in [3.63, 3.8) is 0 Å². The highest BCUT2D eigenvalue weighted by Crippen LogP contribution is 2.28. The van der Waals surface area contributed by atoms with E-state index in [0.717, 1.165) is 17.7 Å². The van der Waals surface area contributed by atoms with Gasteiger partial charge in [0.05, 0.1) is 19.3 Å². The van der Waals surface area contributed by atoms with Gasteiger partial charge in [0, 0.05) is 6.42 Å². The normalized spacial score (nSPS) is 14.2. The molecule has 0 atom stereocenters. The summed E-state index contributed by atoms with van der Waals surface area (Å²) < 4.78 is 16.6. The van der Waals surface area contributed by atoms with Crippen LogP contribution in [0.4, 0.5) is 0 Å². The number of methoxy groups -OCH3 is 1. The van der Waals surface area contributed by atoms with Gasteiger partial charge in [0.2, 0.25) is 5.78 Å². The fourth-order valence-corrected chi connectivity index (χ4v) is 2.67. The minimum Gasteiger partial charge on any atom is -0.497 e. The monoisotopic (exact) mass is 336 g/mol. The highest BCUT2D eigenvalue weighted by Gasteiger charge is 2.24. The van der Waals surface area contributed by atoms with E-state index in [0.29, 0.717) is 29.4 Å². The van der Waals surface area contributed by atoms with E-state index >= 15 is 0 Å². The molecule has 128 valence electrons. The molecule has 1 aliphatic heterocycles. The van der Waals surface area contributed by atoms with Crippen molar-refractivity contribution < 1.29 is 19.0 Å². The van der Waals surface area contributed by atoms with Crippen molar-refractivity contribution in [1.82, 2.24) is 0 Å². The zero-order valence-corrected chi connectivity index (χ0v) is 14.3. The summed E-state index contributed by atoms with van der Waals surface area (Å²) in [7, 11) is 1.61. The Bertz CT molecular complexity index is 802. The van der Waals surface area contributed by atoms with Crippen molar-refractivity contribution in [3.8, 4) is 11.5 Å². The molecule has 1 heterocycles. The van der Waals surface area contributed by atoms with Crippen LogP contribution < -0.4 is 9.47 Å². The van der Waals surface area contributed by atoms with Crippen LogP contribution in [-0.4, -0.2) is 19.5 Å². The van der Waals surface area contributed by atoms with Crippen LogP contribution in [0.2, 0.25) is 0 Å². The largest absolute Gasteiger partial charge is 0.497 e. The van der Waals surface area contributed by atoms with Crippen molar-refractivity contribution in [3.05, 3.63) is 77.8 Å². The lowest BCUT2D eigenvalue weighted by Crippen LogP contribution is -2.10. The molecule has 0 saturated carbocycles. The van der Waals surface area contributed by atoms with Crippen LogP contribution in [-0.2, 0) is 9.53 Å². The Kier molecular flexibility index (Phi) is 5.19. The molecule has 3 rings (SSSR count). The molecule has 0 aliphatic carbocycles. The van der Waals surface area contributed by atoms with E-state index in [4.69, 9.17) is 14.2 Å². The van der Waals surface area contributed by atoms with Gasteiger partial charge in [-0.15, -0.1) is 0 Å². The van der Waals surface area contributed by atoms with Crippen molar-refractivity contribution in [1.29, 1.82) is 0 Å². The van der Waals surface area contributed by atoms with Crippen LogP contribution in [0.15, 0.2) is 72.2 Å². The van der Waals surface area contributed by atoms with Gasteiger partial charge in [-0.05, 0) is 42.8 Å². The van der Waals surface area contributed by atoms with Crippen molar-refractivity contribution in [2.45, 2.75) is 13.3 Å². The highest BCUT2D eigenvalue weighted by molar-refractivity contribution is 6.28. The zero-order chi connectivity index (χ0) is 17.6. The molecule has 0 amide bonds. The Morgan fingerprint density at radius 3 is 2.32 bits per heavy atom. The van der Waals surface area contributed by atoms with E-state index in [9.17, 15) is 4.79 Å². The molecule has 0 spiro atoms. The van der Waals surface area contributed by atoms with Crippen LogP contribution in [0.5, 0.6) is 11.5 Å². The van der Waals surface area contributed by atoms with E-state index in [1.807, 2.05) is 60.7 Å². The molecule has 1 aliphatic rings. The van der Waals surface area contributed by atoms with Crippen LogP contribution in [0.1, 0.15) is 18.9 Å². The summed E-state index contributed by atoms with van der Waals surface area (Å²) in [4.78, 5) is 13.0. The first-order chi connectivity index (χ1) is 12.2. The minimum atomic E-state index is -0.170. The maximum Gasteiger partial charge on any atom is 0.231 e. The van der Waals surface area contributed by atoms with Crippen molar-refractivity contribution >= 4 is 11.4 Å². The van der Waals surface area contributed by atoms with Crippen LogP contribution >= 0.6 is 0 Å². The maximum absolute atomic E-state index is 13.0. The summed E-state index contributed by atoms with van der Waals surface area (Å²) in [6.45, 7) is 2.33. The number of rotatable bonds is 6. The summed E-state index contributed by atoms with van der Waals surface area (Å²) >= 11 is 0. The summed E-state index contributed by atoms with van der Waals surface area (Å²) in [5, 5.41) is 0. The fraction of sp³-hybridized carbons (Fsp3) is 0.190. The highest BCUT2D eigenvalue weighted by atomic mass is 16.5. The number of ether oxygens (including phenoxy) is 3. The van der Waals surface area contributed by atoms with Crippen molar-refractivity contribution in [2.75, 3.05) is 13.7 Å². The number of benzene rings is 2. The van der Waals surface area contributed by atoms with Gasteiger partial charge in [-0.3, -0.25) is 4.79 Å². The van der Waals surface area contributed by atoms with E-state index < -0.39 is 0 Å². The van der Waals surface area contributed by atoms with Gasteiger partial charge >= 0.3 is 0 Å². The van der Waals surface area contributed by atoms with E-state index in [1.165, 1.54) is 0 Å². The molecule has 0 aromatic heterocycles. The lowest BCUT2D eigenvalue weighted by molar-refractivity contribution is -0.113. The topological polar surface area (TPSA) is 44.8 Å². The molecule has 0 radical (unpaired) electrons. The Morgan fingerprint density at radius 1 is 1.00 bits per heavy atom. The third-order valence-corrected chi connectivity index (χ3v) is 3.90. The SMILES string of the molecule is COc1ccc(/C(C(=O)C2=CCCO2)=C(/C)Oc2ccccc2)cc1. The molecule has 0 N–H and O–H groups in total. The zero-order valence-electron chi connectivity index (χ0n) is 14.3. The van der Waals surface area contributed by atoms with Gasteiger partial charge in [0.1, 0.15) is 17.3 Å². The molecule has 2 aromatic rings. The molecular weight excluding hydrogens is 316 g/mol. The molecule has 4 nitrogen and oxygen atoms in total. The fourth-order valence-electron chi connectivity index (χ4n) is 2.67. The summed E-state index contributed by atoms with van der Waals surface area (Å²) in [5.74, 6) is 2.14. The number of carbonyl (C=O) groups excluding carboxylic acids is 1. The number of carbonyl (C=O) groups is 1. The number of hydrogen-bond acceptors (Lipinski definition) is 4. The molecule has 0 saturated heterocycles. The average molecular weight is 336 g/mol. The number of Topliss-reactive ketones (excluding diaryl/α,β-unsaturated/α-hetero) is 1. The third-order valence-electron chi connectivity index (χ3n) is 3.90. The van der Waals surface area contributed by atoms with Crippen LogP contribution in [0, 0.1) is 0 Å². The number of hydrogen-bond donors (Lipinski definition) is 0. The van der Waals surface area contributed by atoms with Gasteiger partial charge in [-0.25, -0.2) is 0 Å². The molecule has 0 unspecified atom stereocenters. The van der Waals surface area contributed by atoms with Gasteiger partial charge in [-0.1, -0.05) is 30.3 Å². The minimum absolute atomic E-state index is 0.170. The number of allylic oxidation sites excluding steroid dienone is 2. The molecule has 0 bridgehead atoms. The maximum atomic E-state index is 13.0. The Labute approximate surface area is 147 Å². The standard InChI is InChI=1S/C21H20O4/c1-15(25-18-7-4-3-5-8-18)20(21(22)19-9-6-14-24-19)16-10-12-17(23-2)13-11-16/h3-5,7-13H,6,14H2,1-2H3/b20-15+. The molecule has 0 fully saturated rings. The molecular formula is C21H20O4. The predicted molar refractivity (Wildman–Crippen MR) is 96.3 cm³/mol.